The molecule has 6 aliphatic carbocycles. The standard InChI is InChI=1S/2C20H30O2.Ca.Zn.2H/c2*1-13(2)14-6-8-16-15(12-14)7-9-17-19(16,3)10-5-11-20(17,4)18(21)22;;;;/h2*7,12-13,16-17H,5-6,8-11H2,1-4H3,(H,21,22);;;;/q;;;+2;;/p-2/t2*16-,17?,19+,20+;;;;/m00..../s1. The van der Waals surface area contributed by atoms with Crippen molar-refractivity contribution in [2.75, 3.05) is 0 Å². The van der Waals surface area contributed by atoms with Gasteiger partial charge >= 0.3 is 57.2 Å². The van der Waals surface area contributed by atoms with Gasteiger partial charge in [-0.3, -0.25) is 0 Å². The molecule has 2 fully saturated rings. The van der Waals surface area contributed by atoms with Gasteiger partial charge in [0.15, 0.2) is 0 Å². The fourth-order valence-corrected chi connectivity index (χ4v) is 11.2. The second kappa shape index (κ2) is 14.9. The number of carbonyl (C=O) groups excluding carboxylic acids is 2. The zero-order valence-electron chi connectivity index (χ0n) is 29.6. The number of allylic oxidation sites excluding steroid dienone is 8. The van der Waals surface area contributed by atoms with Crippen molar-refractivity contribution in [3.05, 3.63) is 46.6 Å². The Morgan fingerprint density at radius 3 is 1.33 bits per heavy atom. The monoisotopic (exact) mass is 708 g/mol. The largest absolute Gasteiger partial charge is 2.00 e. The molecular formula is C40H60CaO4Zn. The van der Waals surface area contributed by atoms with Crippen molar-refractivity contribution in [3.8, 4) is 0 Å². The molecule has 0 N–H and O–H groups in total. The van der Waals surface area contributed by atoms with E-state index in [0.29, 0.717) is 23.7 Å². The molecule has 4 nitrogen and oxygen atoms in total. The quantitative estimate of drug-likeness (QED) is 0.300. The van der Waals surface area contributed by atoms with Gasteiger partial charge in [-0.15, -0.1) is 0 Å². The molecule has 0 aromatic carbocycles. The normalized spacial score (nSPS) is 39.5. The molecule has 2 saturated carbocycles. The fourth-order valence-electron chi connectivity index (χ4n) is 11.2. The summed E-state index contributed by atoms with van der Waals surface area (Å²) in [5.41, 5.74) is 5.01. The minimum atomic E-state index is -0.838. The number of rotatable bonds is 4. The van der Waals surface area contributed by atoms with E-state index in [9.17, 15) is 19.8 Å². The van der Waals surface area contributed by atoms with Crippen LogP contribution >= 0.6 is 0 Å². The van der Waals surface area contributed by atoms with Crippen LogP contribution in [0.3, 0.4) is 0 Å². The van der Waals surface area contributed by atoms with Crippen LogP contribution in [0.1, 0.15) is 132 Å². The SMILES string of the molecule is CC(C)C1=CC2=CCC3[C@](C)(C(=O)[O-])CCC[C@]3(C)[C@H]2CC1.CC(C)C1=CC2=CCC3[C@](C)(C(=O)[O-])CCC[C@]3(C)[C@H]2CC1.[CaH2].[Zn+2]. The minimum Gasteiger partial charge on any atom is 2.00 e. The van der Waals surface area contributed by atoms with Crippen LogP contribution in [-0.2, 0) is 29.1 Å². The second-order valence-electron chi connectivity index (χ2n) is 17.0. The maximum Gasteiger partial charge on any atom is 2.00 e. The number of carboxylic acid groups (broad SMARTS) is 2. The van der Waals surface area contributed by atoms with Gasteiger partial charge in [-0.25, -0.2) is 0 Å². The van der Waals surface area contributed by atoms with Crippen LogP contribution in [0, 0.1) is 57.2 Å². The van der Waals surface area contributed by atoms with E-state index in [4.69, 9.17) is 0 Å². The van der Waals surface area contributed by atoms with Crippen molar-refractivity contribution in [3.63, 3.8) is 0 Å². The maximum absolute atomic E-state index is 11.8. The van der Waals surface area contributed by atoms with Crippen molar-refractivity contribution in [1.82, 2.24) is 0 Å². The summed E-state index contributed by atoms with van der Waals surface area (Å²) in [6, 6.07) is 0. The Kier molecular flexibility index (Phi) is 13.1. The van der Waals surface area contributed by atoms with E-state index in [0.717, 1.165) is 51.4 Å². The third kappa shape index (κ3) is 6.90. The van der Waals surface area contributed by atoms with Crippen LogP contribution in [0.15, 0.2) is 46.6 Å². The van der Waals surface area contributed by atoms with Crippen LogP contribution in [0.25, 0.3) is 0 Å². The number of aliphatic carboxylic acids is 2. The van der Waals surface area contributed by atoms with E-state index in [1.54, 1.807) is 11.1 Å². The topological polar surface area (TPSA) is 80.3 Å². The Hall–Kier alpha value is -0.217. The van der Waals surface area contributed by atoms with Gasteiger partial charge < -0.3 is 19.8 Å². The summed E-state index contributed by atoms with van der Waals surface area (Å²) in [7, 11) is 0. The van der Waals surface area contributed by atoms with Gasteiger partial charge in [0.05, 0.1) is 0 Å². The van der Waals surface area contributed by atoms with E-state index < -0.39 is 22.8 Å². The van der Waals surface area contributed by atoms with Crippen molar-refractivity contribution >= 4 is 49.7 Å². The third-order valence-corrected chi connectivity index (χ3v) is 14.1. The number of hydrogen-bond acceptors (Lipinski definition) is 4. The molecule has 0 radical (unpaired) electrons. The molecule has 8 atom stereocenters. The zero-order chi connectivity index (χ0) is 32.2. The van der Waals surface area contributed by atoms with Gasteiger partial charge in [0.2, 0.25) is 0 Å². The number of carboxylic acids is 2. The smallest absolute Gasteiger partial charge is 2.00 e. The average Bonchev–Trinajstić information content (AvgIpc) is 2.96. The van der Waals surface area contributed by atoms with E-state index in [2.05, 4.69) is 65.8 Å². The van der Waals surface area contributed by atoms with Crippen molar-refractivity contribution in [1.29, 1.82) is 0 Å². The van der Waals surface area contributed by atoms with Crippen molar-refractivity contribution < 1.29 is 39.3 Å². The maximum atomic E-state index is 11.8. The molecule has 6 aliphatic rings. The molecule has 0 amide bonds. The molecule has 0 heterocycles. The molecule has 248 valence electrons. The summed E-state index contributed by atoms with van der Waals surface area (Å²) in [6.07, 6.45) is 21.9. The van der Waals surface area contributed by atoms with Crippen LogP contribution in [0.4, 0.5) is 0 Å². The Morgan fingerprint density at radius 1 is 0.674 bits per heavy atom. The zero-order valence-corrected chi connectivity index (χ0v) is 32.6. The first kappa shape index (κ1) is 40.2. The fraction of sp³-hybridized carbons (Fsp3) is 0.750. The van der Waals surface area contributed by atoms with E-state index >= 15 is 0 Å². The molecule has 0 saturated heterocycles. The first-order valence-corrected chi connectivity index (χ1v) is 17.8. The van der Waals surface area contributed by atoms with Crippen LogP contribution in [0.2, 0.25) is 0 Å². The summed E-state index contributed by atoms with van der Waals surface area (Å²) in [5, 5.41) is 23.7. The molecule has 0 aromatic heterocycles. The first-order valence-electron chi connectivity index (χ1n) is 17.8. The Morgan fingerprint density at radius 2 is 1.02 bits per heavy atom. The molecule has 0 aliphatic heterocycles. The summed E-state index contributed by atoms with van der Waals surface area (Å²) >= 11 is 0. The Bertz CT molecular complexity index is 1200. The molecule has 6 rings (SSSR count). The molecule has 2 unspecified atom stereocenters. The summed E-state index contributed by atoms with van der Waals surface area (Å²) in [4.78, 5) is 23.7. The van der Waals surface area contributed by atoms with Crippen molar-refractivity contribution in [2.45, 2.75) is 132 Å². The summed E-state index contributed by atoms with van der Waals surface area (Å²) < 4.78 is 0. The van der Waals surface area contributed by atoms with Gasteiger partial charge in [-0.1, -0.05) is 104 Å². The van der Waals surface area contributed by atoms with E-state index in [1.807, 2.05) is 13.8 Å². The predicted molar refractivity (Wildman–Crippen MR) is 182 cm³/mol. The van der Waals surface area contributed by atoms with Gasteiger partial charge in [-0.2, -0.15) is 0 Å². The molecule has 46 heavy (non-hydrogen) atoms. The van der Waals surface area contributed by atoms with Gasteiger partial charge in [0.25, 0.3) is 0 Å². The van der Waals surface area contributed by atoms with Crippen LogP contribution < -0.4 is 10.2 Å². The van der Waals surface area contributed by atoms with Crippen LogP contribution in [0.5, 0.6) is 0 Å². The minimum absolute atomic E-state index is 0. The van der Waals surface area contributed by atoms with Gasteiger partial charge in [0, 0.05) is 22.8 Å². The summed E-state index contributed by atoms with van der Waals surface area (Å²) in [6.45, 7) is 17.7. The first-order chi connectivity index (χ1) is 20.6. The second-order valence-corrected chi connectivity index (χ2v) is 17.0. The van der Waals surface area contributed by atoms with Crippen molar-refractivity contribution in [2.24, 2.45) is 57.2 Å². The van der Waals surface area contributed by atoms with Gasteiger partial charge in [-0.05, 0) is 122 Å². The van der Waals surface area contributed by atoms with Crippen LogP contribution in [-0.4, -0.2) is 49.7 Å². The average molecular weight is 710 g/mol. The van der Waals surface area contributed by atoms with E-state index in [-0.39, 0.29) is 79.9 Å². The molecule has 0 spiro atoms. The molecule has 0 aromatic rings. The molecular weight excluding hydrogens is 650 g/mol. The third-order valence-electron chi connectivity index (χ3n) is 14.1. The Balaban J connectivity index is 0.000000240. The molecule has 6 heteroatoms. The number of carbonyl (C=O) groups is 2. The van der Waals surface area contributed by atoms with E-state index in [1.165, 1.54) is 36.8 Å². The number of hydrogen-bond donors (Lipinski definition) is 0. The van der Waals surface area contributed by atoms with Gasteiger partial charge in [0.1, 0.15) is 0 Å². The summed E-state index contributed by atoms with van der Waals surface area (Å²) in [5.74, 6) is 1.08. The molecule has 0 bridgehead atoms. The predicted octanol–water partition coefficient (Wildman–Crippen LogP) is 6.82. The Labute approximate surface area is 322 Å². The number of fused-ring (bicyclic) bond motifs is 6.